The SMILES string of the molecule is ClCC1CO1.OCCCOCCCO. The van der Waals surface area contributed by atoms with Crippen LogP contribution >= 0.6 is 11.6 Å². The number of halogens is 1. The zero-order valence-corrected chi connectivity index (χ0v) is 9.08. The van der Waals surface area contributed by atoms with Gasteiger partial charge in [-0.25, -0.2) is 0 Å². The van der Waals surface area contributed by atoms with Crippen molar-refractivity contribution in [2.24, 2.45) is 0 Å². The van der Waals surface area contributed by atoms with Gasteiger partial charge in [0.15, 0.2) is 0 Å². The molecule has 0 aromatic rings. The number of alkyl halides is 1. The van der Waals surface area contributed by atoms with E-state index in [1.54, 1.807) is 0 Å². The number of aliphatic hydroxyl groups is 2. The molecule has 0 aromatic heterocycles. The van der Waals surface area contributed by atoms with E-state index in [1.807, 2.05) is 0 Å². The first-order chi connectivity index (χ1) is 6.85. The highest BCUT2D eigenvalue weighted by Crippen LogP contribution is 2.08. The summed E-state index contributed by atoms with van der Waals surface area (Å²) in [7, 11) is 0. The molecule has 1 heterocycles. The molecule has 1 aliphatic heterocycles. The maximum atomic E-state index is 8.29. The van der Waals surface area contributed by atoms with Crippen LogP contribution in [0.25, 0.3) is 0 Å². The Morgan fingerprint density at radius 3 is 1.93 bits per heavy atom. The van der Waals surface area contributed by atoms with Gasteiger partial charge < -0.3 is 19.7 Å². The molecule has 1 atom stereocenters. The van der Waals surface area contributed by atoms with E-state index in [0.29, 0.717) is 38.0 Å². The lowest BCUT2D eigenvalue weighted by molar-refractivity contribution is 0.102. The third-order valence-electron chi connectivity index (χ3n) is 1.47. The van der Waals surface area contributed by atoms with Crippen LogP contribution in [0.4, 0.5) is 0 Å². The quantitative estimate of drug-likeness (QED) is 0.375. The van der Waals surface area contributed by atoms with E-state index < -0.39 is 0 Å². The van der Waals surface area contributed by atoms with Crippen molar-refractivity contribution >= 4 is 11.6 Å². The third-order valence-corrected chi connectivity index (χ3v) is 1.81. The summed E-state index contributed by atoms with van der Waals surface area (Å²) < 4.78 is 9.72. The highest BCUT2D eigenvalue weighted by Gasteiger charge is 2.19. The molecule has 0 amide bonds. The third kappa shape index (κ3) is 12.1. The smallest absolute Gasteiger partial charge is 0.0944 e. The predicted octanol–water partition coefficient (Wildman–Crippen LogP) is 0.392. The van der Waals surface area contributed by atoms with E-state index in [4.69, 9.17) is 31.3 Å². The Morgan fingerprint density at radius 2 is 1.71 bits per heavy atom. The van der Waals surface area contributed by atoms with Crippen LogP contribution in [0.2, 0.25) is 0 Å². The molecular formula is C9H19ClO4. The zero-order valence-electron chi connectivity index (χ0n) is 8.32. The number of rotatable bonds is 7. The molecule has 5 heteroatoms. The molecule has 14 heavy (non-hydrogen) atoms. The van der Waals surface area contributed by atoms with Crippen molar-refractivity contribution < 1.29 is 19.7 Å². The number of epoxide rings is 1. The fourth-order valence-corrected chi connectivity index (χ4v) is 0.771. The molecule has 1 unspecified atom stereocenters. The number of hydrogen-bond acceptors (Lipinski definition) is 4. The number of aliphatic hydroxyl groups excluding tert-OH is 2. The standard InChI is InChI=1S/C6H14O3.C3H5ClO/c7-3-1-5-9-6-2-4-8;4-1-3-2-5-3/h7-8H,1-6H2;3H,1-2H2. The minimum Gasteiger partial charge on any atom is -0.396 e. The van der Waals surface area contributed by atoms with Crippen molar-refractivity contribution in [1.82, 2.24) is 0 Å². The molecule has 0 saturated carbocycles. The summed E-state index contributed by atoms with van der Waals surface area (Å²) in [5.74, 6) is 0.667. The Morgan fingerprint density at radius 1 is 1.21 bits per heavy atom. The maximum absolute atomic E-state index is 8.29. The van der Waals surface area contributed by atoms with Gasteiger partial charge in [-0.15, -0.1) is 11.6 Å². The van der Waals surface area contributed by atoms with Crippen molar-refractivity contribution in [3.8, 4) is 0 Å². The molecule has 0 aliphatic carbocycles. The summed E-state index contributed by atoms with van der Waals surface area (Å²) >= 11 is 5.27. The highest BCUT2D eigenvalue weighted by molar-refractivity contribution is 6.18. The summed E-state index contributed by atoms with van der Waals surface area (Å²) in [5, 5.41) is 16.6. The first-order valence-electron chi connectivity index (χ1n) is 4.82. The Balaban J connectivity index is 0.000000280. The minimum absolute atomic E-state index is 0.180. The van der Waals surface area contributed by atoms with Crippen LogP contribution in [0.15, 0.2) is 0 Å². The number of ether oxygens (including phenoxy) is 2. The molecule has 0 radical (unpaired) electrons. The summed E-state index contributed by atoms with van der Waals surface area (Å²) in [5.41, 5.74) is 0. The second-order valence-corrected chi connectivity index (χ2v) is 3.18. The van der Waals surface area contributed by atoms with E-state index in [9.17, 15) is 0 Å². The van der Waals surface area contributed by atoms with Gasteiger partial charge in [-0.2, -0.15) is 0 Å². The van der Waals surface area contributed by atoms with Gasteiger partial charge in [-0.05, 0) is 12.8 Å². The Kier molecular flexibility index (Phi) is 11.3. The molecule has 1 rings (SSSR count). The first kappa shape index (κ1) is 14.1. The van der Waals surface area contributed by atoms with Crippen LogP contribution in [0.3, 0.4) is 0 Å². The van der Waals surface area contributed by atoms with Crippen LogP contribution in [0.5, 0.6) is 0 Å². The van der Waals surface area contributed by atoms with Gasteiger partial charge in [0.05, 0.1) is 18.6 Å². The molecule has 1 aliphatic rings. The Bertz CT molecular complexity index is 103. The summed E-state index contributed by atoms with van der Waals surface area (Å²) in [6.45, 7) is 2.43. The molecule has 1 saturated heterocycles. The fourth-order valence-electron chi connectivity index (χ4n) is 0.592. The minimum atomic E-state index is 0.180. The average Bonchev–Trinajstić information content (AvgIpc) is 3.02. The lowest BCUT2D eigenvalue weighted by Crippen LogP contribution is -2.00. The largest absolute Gasteiger partial charge is 0.396 e. The summed E-state index contributed by atoms with van der Waals surface area (Å²) in [4.78, 5) is 0. The Hall–Kier alpha value is 0.130. The van der Waals surface area contributed by atoms with E-state index >= 15 is 0 Å². The normalized spacial score (nSPS) is 18.6. The van der Waals surface area contributed by atoms with Crippen molar-refractivity contribution in [1.29, 1.82) is 0 Å². The molecular weight excluding hydrogens is 208 g/mol. The lowest BCUT2D eigenvalue weighted by atomic mass is 10.5. The van der Waals surface area contributed by atoms with Crippen LogP contribution in [0.1, 0.15) is 12.8 Å². The Labute approximate surface area is 89.8 Å². The van der Waals surface area contributed by atoms with Gasteiger partial charge in [-0.1, -0.05) is 0 Å². The second kappa shape index (κ2) is 11.2. The number of hydrogen-bond donors (Lipinski definition) is 2. The summed E-state index contributed by atoms with van der Waals surface area (Å²) in [6, 6.07) is 0. The lowest BCUT2D eigenvalue weighted by Gasteiger charge is -1.99. The maximum Gasteiger partial charge on any atom is 0.0944 e. The van der Waals surface area contributed by atoms with Crippen LogP contribution in [0, 0.1) is 0 Å². The molecule has 1 fully saturated rings. The first-order valence-corrected chi connectivity index (χ1v) is 5.35. The molecule has 86 valence electrons. The van der Waals surface area contributed by atoms with Crippen LogP contribution in [-0.4, -0.2) is 55.2 Å². The topological polar surface area (TPSA) is 62.2 Å². The fraction of sp³-hybridized carbons (Fsp3) is 1.00. The van der Waals surface area contributed by atoms with E-state index in [1.165, 1.54) is 0 Å². The predicted molar refractivity (Wildman–Crippen MR) is 54.7 cm³/mol. The molecule has 0 spiro atoms. The van der Waals surface area contributed by atoms with Gasteiger partial charge in [0, 0.05) is 26.4 Å². The van der Waals surface area contributed by atoms with Crippen LogP contribution in [-0.2, 0) is 9.47 Å². The van der Waals surface area contributed by atoms with Crippen molar-refractivity contribution in [3.05, 3.63) is 0 Å². The van der Waals surface area contributed by atoms with Gasteiger partial charge in [-0.3, -0.25) is 0 Å². The van der Waals surface area contributed by atoms with Gasteiger partial charge >= 0.3 is 0 Å². The van der Waals surface area contributed by atoms with E-state index in [-0.39, 0.29) is 13.2 Å². The van der Waals surface area contributed by atoms with Gasteiger partial charge in [0.1, 0.15) is 0 Å². The highest BCUT2D eigenvalue weighted by atomic mass is 35.5. The molecule has 0 bridgehead atoms. The van der Waals surface area contributed by atoms with E-state index in [2.05, 4.69) is 0 Å². The van der Waals surface area contributed by atoms with Gasteiger partial charge in [0.2, 0.25) is 0 Å². The average molecular weight is 227 g/mol. The van der Waals surface area contributed by atoms with Crippen molar-refractivity contribution in [3.63, 3.8) is 0 Å². The van der Waals surface area contributed by atoms with Gasteiger partial charge in [0.25, 0.3) is 0 Å². The van der Waals surface area contributed by atoms with Crippen LogP contribution < -0.4 is 0 Å². The van der Waals surface area contributed by atoms with Crippen molar-refractivity contribution in [2.75, 3.05) is 38.9 Å². The second-order valence-electron chi connectivity index (χ2n) is 2.88. The molecule has 0 aromatic carbocycles. The monoisotopic (exact) mass is 226 g/mol. The summed E-state index contributed by atoms with van der Waals surface area (Å²) in [6.07, 6.45) is 1.77. The zero-order chi connectivity index (χ0) is 10.6. The van der Waals surface area contributed by atoms with Crippen molar-refractivity contribution in [2.45, 2.75) is 18.9 Å². The molecule has 2 N–H and O–H groups in total. The van der Waals surface area contributed by atoms with E-state index in [0.717, 1.165) is 6.61 Å². The molecule has 4 nitrogen and oxygen atoms in total.